The smallest absolute Gasteiger partial charge is 0.229 e. The summed E-state index contributed by atoms with van der Waals surface area (Å²) in [4.78, 5) is 29.2. The van der Waals surface area contributed by atoms with Crippen LogP contribution in [0.25, 0.3) is 10.9 Å². The van der Waals surface area contributed by atoms with E-state index in [1.807, 2.05) is 36.4 Å². The number of carbonyl (C=O) groups excluding carboxylic acids is 2. The van der Waals surface area contributed by atoms with Crippen LogP contribution in [0, 0.1) is 5.92 Å². The summed E-state index contributed by atoms with van der Waals surface area (Å²) in [5.41, 5.74) is 0.710. The van der Waals surface area contributed by atoms with Crippen molar-refractivity contribution in [2.45, 2.75) is 24.9 Å². The minimum Gasteiger partial charge on any atom is -0.385 e. The van der Waals surface area contributed by atoms with Gasteiger partial charge in [-0.25, -0.2) is 0 Å². The molecule has 2 aromatic carbocycles. The summed E-state index contributed by atoms with van der Waals surface area (Å²) in [6.07, 6.45) is 1.08. The van der Waals surface area contributed by atoms with Crippen molar-refractivity contribution in [2.75, 3.05) is 24.5 Å². The van der Waals surface area contributed by atoms with Gasteiger partial charge in [0.25, 0.3) is 0 Å². The van der Waals surface area contributed by atoms with Gasteiger partial charge in [0.1, 0.15) is 0 Å². The van der Waals surface area contributed by atoms with Gasteiger partial charge < -0.3 is 10.0 Å². The van der Waals surface area contributed by atoms with Crippen molar-refractivity contribution in [3.63, 3.8) is 0 Å². The van der Waals surface area contributed by atoms with E-state index < -0.39 is 11.5 Å². The van der Waals surface area contributed by atoms with E-state index in [-0.39, 0.29) is 18.2 Å². The van der Waals surface area contributed by atoms with Crippen molar-refractivity contribution in [1.82, 2.24) is 15.1 Å². The van der Waals surface area contributed by atoms with Crippen LogP contribution >= 0.6 is 11.6 Å². The van der Waals surface area contributed by atoms with Gasteiger partial charge in [0.05, 0.1) is 17.0 Å². The number of rotatable bonds is 3. The number of aromatic amines is 1. The van der Waals surface area contributed by atoms with Crippen molar-refractivity contribution >= 4 is 40.1 Å². The Morgan fingerprint density at radius 3 is 2.58 bits per heavy atom. The molecule has 0 spiro atoms. The Kier molecular flexibility index (Phi) is 4.95. The van der Waals surface area contributed by atoms with E-state index in [9.17, 15) is 14.7 Å². The number of anilines is 1. The zero-order chi connectivity index (χ0) is 21.6. The highest BCUT2D eigenvalue weighted by Gasteiger charge is 2.41. The third kappa shape index (κ3) is 3.58. The highest BCUT2D eigenvalue weighted by atomic mass is 35.5. The van der Waals surface area contributed by atoms with Gasteiger partial charge in [0.2, 0.25) is 11.8 Å². The van der Waals surface area contributed by atoms with Crippen LogP contribution in [0.5, 0.6) is 0 Å². The third-order valence-corrected chi connectivity index (χ3v) is 6.72. The van der Waals surface area contributed by atoms with Gasteiger partial charge in [0.15, 0.2) is 5.82 Å². The second kappa shape index (κ2) is 7.66. The second-order valence-electron chi connectivity index (χ2n) is 8.36. The predicted octanol–water partition coefficient (Wildman–Crippen LogP) is 3.08. The first-order chi connectivity index (χ1) is 14.9. The SMILES string of the molecule is O=C(C1CC(=O)N(c2n[nH]c3ccccc23)C1)N1CCC(O)(c2ccc(Cl)cc2)CC1. The normalized spacial score (nSPS) is 21.1. The van der Waals surface area contributed by atoms with Crippen LogP contribution in [0.2, 0.25) is 5.02 Å². The lowest BCUT2D eigenvalue weighted by atomic mass is 9.84. The Labute approximate surface area is 184 Å². The number of nitrogens with zero attached hydrogens (tertiary/aromatic N) is 3. The molecule has 1 unspecified atom stereocenters. The number of aliphatic hydroxyl groups is 1. The summed E-state index contributed by atoms with van der Waals surface area (Å²) in [6, 6.07) is 14.8. The molecule has 3 heterocycles. The molecule has 2 saturated heterocycles. The fourth-order valence-electron chi connectivity index (χ4n) is 4.64. The number of benzene rings is 2. The summed E-state index contributed by atoms with van der Waals surface area (Å²) >= 11 is 5.95. The lowest BCUT2D eigenvalue weighted by molar-refractivity contribution is -0.140. The maximum atomic E-state index is 13.1. The molecular formula is C23H23ClN4O3. The molecule has 0 aliphatic carbocycles. The van der Waals surface area contributed by atoms with Crippen LogP contribution < -0.4 is 4.90 Å². The number of piperidine rings is 1. The molecule has 1 aromatic heterocycles. The fraction of sp³-hybridized carbons (Fsp3) is 0.348. The fourth-order valence-corrected chi connectivity index (χ4v) is 4.76. The molecular weight excluding hydrogens is 416 g/mol. The summed E-state index contributed by atoms with van der Waals surface area (Å²) in [5, 5.41) is 19.8. The number of fused-ring (bicyclic) bond motifs is 1. The molecule has 0 radical (unpaired) electrons. The van der Waals surface area contributed by atoms with E-state index in [1.54, 1.807) is 21.9 Å². The van der Waals surface area contributed by atoms with Crippen molar-refractivity contribution in [3.8, 4) is 0 Å². The molecule has 2 amide bonds. The molecule has 1 atom stereocenters. The molecule has 5 rings (SSSR count). The second-order valence-corrected chi connectivity index (χ2v) is 8.80. The first-order valence-corrected chi connectivity index (χ1v) is 10.8. The summed E-state index contributed by atoms with van der Waals surface area (Å²) in [6.45, 7) is 1.23. The number of amides is 2. The number of carbonyl (C=O) groups is 2. The van der Waals surface area contributed by atoms with Crippen molar-refractivity contribution in [2.24, 2.45) is 5.92 Å². The number of hydrogen-bond acceptors (Lipinski definition) is 4. The zero-order valence-electron chi connectivity index (χ0n) is 16.9. The Bertz CT molecular complexity index is 1140. The quantitative estimate of drug-likeness (QED) is 0.657. The number of halogens is 1. The average molecular weight is 439 g/mol. The predicted molar refractivity (Wildman–Crippen MR) is 118 cm³/mol. The van der Waals surface area contributed by atoms with E-state index >= 15 is 0 Å². The maximum absolute atomic E-state index is 13.1. The van der Waals surface area contributed by atoms with Crippen molar-refractivity contribution < 1.29 is 14.7 Å². The molecule has 0 saturated carbocycles. The van der Waals surface area contributed by atoms with Crippen LogP contribution in [0.1, 0.15) is 24.8 Å². The number of para-hydroxylation sites is 1. The van der Waals surface area contributed by atoms with Gasteiger partial charge in [-0.15, -0.1) is 0 Å². The maximum Gasteiger partial charge on any atom is 0.229 e. The van der Waals surface area contributed by atoms with E-state index in [4.69, 9.17) is 11.6 Å². The molecule has 3 aromatic rings. The number of hydrogen-bond donors (Lipinski definition) is 2. The summed E-state index contributed by atoms with van der Waals surface area (Å²) in [5.74, 6) is 0.0514. The van der Waals surface area contributed by atoms with Crippen molar-refractivity contribution in [1.29, 1.82) is 0 Å². The molecule has 2 aliphatic rings. The van der Waals surface area contributed by atoms with Crippen LogP contribution in [0.4, 0.5) is 5.82 Å². The standard InChI is InChI=1S/C23H23ClN4O3/c24-17-7-5-16(6-8-17)23(31)9-11-27(12-10-23)22(30)15-13-20(29)28(14-15)21-18-3-1-2-4-19(18)25-26-21/h1-8,15,31H,9-14H2,(H,25,26). The van der Waals surface area contributed by atoms with Crippen LogP contribution in [-0.4, -0.2) is 51.7 Å². The number of likely N-dealkylation sites (tertiary alicyclic amines) is 1. The van der Waals surface area contributed by atoms with Gasteiger partial charge in [-0.05, 0) is 42.7 Å². The zero-order valence-corrected chi connectivity index (χ0v) is 17.7. The van der Waals surface area contributed by atoms with E-state index in [2.05, 4.69) is 10.2 Å². The molecule has 31 heavy (non-hydrogen) atoms. The van der Waals surface area contributed by atoms with Crippen LogP contribution in [0.3, 0.4) is 0 Å². The van der Waals surface area contributed by atoms with Gasteiger partial charge in [0, 0.05) is 36.5 Å². The number of H-pyrrole nitrogens is 1. The minimum atomic E-state index is -0.965. The first-order valence-electron chi connectivity index (χ1n) is 10.5. The van der Waals surface area contributed by atoms with E-state index in [0.717, 1.165) is 16.5 Å². The molecule has 0 bridgehead atoms. The average Bonchev–Trinajstić information content (AvgIpc) is 3.37. The third-order valence-electron chi connectivity index (χ3n) is 6.46. The molecule has 160 valence electrons. The number of nitrogens with one attached hydrogen (secondary N) is 1. The Morgan fingerprint density at radius 2 is 1.84 bits per heavy atom. The highest BCUT2D eigenvalue weighted by molar-refractivity contribution is 6.30. The summed E-state index contributed by atoms with van der Waals surface area (Å²) in [7, 11) is 0. The highest BCUT2D eigenvalue weighted by Crippen LogP contribution is 2.35. The molecule has 8 heteroatoms. The Hall–Kier alpha value is -2.90. The van der Waals surface area contributed by atoms with E-state index in [0.29, 0.717) is 43.3 Å². The van der Waals surface area contributed by atoms with Crippen LogP contribution in [-0.2, 0) is 15.2 Å². The summed E-state index contributed by atoms with van der Waals surface area (Å²) < 4.78 is 0. The Balaban J connectivity index is 1.26. The number of aromatic nitrogens is 2. The largest absolute Gasteiger partial charge is 0.385 e. The molecule has 7 nitrogen and oxygen atoms in total. The van der Waals surface area contributed by atoms with Gasteiger partial charge in [-0.3, -0.25) is 19.6 Å². The first kappa shape index (κ1) is 20.0. The van der Waals surface area contributed by atoms with E-state index in [1.165, 1.54) is 0 Å². The Morgan fingerprint density at radius 1 is 1.13 bits per heavy atom. The molecule has 2 N–H and O–H groups in total. The lowest BCUT2D eigenvalue weighted by Crippen LogP contribution is -2.47. The molecule has 2 aliphatic heterocycles. The lowest BCUT2D eigenvalue weighted by Gasteiger charge is -2.39. The van der Waals surface area contributed by atoms with Gasteiger partial charge in [-0.1, -0.05) is 35.9 Å². The van der Waals surface area contributed by atoms with Gasteiger partial charge >= 0.3 is 0 Å². The molecule has 2 fully saturated rings. The topological polar surface area (TPSA) is 89.5 Å². The van der Waals surface area contributed by atoms with Crippen molar-refractivity contribution in [3.05, 3.63) is 59.1 Å². The van der Waals surface area contributed by atoms with Gasteiger partial charge in [-0.2, -0.15) is 5.10 Å². The van der Waals surface area contributed by atoms with Crippen LogP contribution in [0.15, 0.2) is 48.5 Å². The minimum absolute atomic E-state index is 0.0335. The monoisotopic (exact) mass is 438 g/mol.